The molecule has 1 aliphatic rings. The van der Waals surface area contributed by atoms with E-state index >= 15 is 0 Å². The molecule has 0 aliphatic carbocycles. The number of hydrogen-bond donors (Lipinski definition) is 0. The first-order chi connectivity index (χ1) is 12.7. The number of fused-ring (bicyclic) bond motifs is 1. The molecule has 2 aromatic heterocycles. The smallest absolute Gasteiger partial charge is 0.240 e. The van der Waals surface area contributed by atoms with Crippen LogP contribution in [0.15, 0.2) is 58.4 Å². The van der Waals surface area contributed by atoms with Crippen molar-refractivity contribution in [1.29, 1.82) is 0 Å². The Hall–Kier alpha value is -2.93. The van der Waals surface area contributed by atoms with Gasteiger partial charge in [0.2, 0.25) is 5.91 Å². The lowest BCUT2D eigenvalue weighted by Gasteiger charge is -2.36. The molecule has 0 bridgehead atoms. The third-order valence-corrected chi connectivity index (χ3v) is 4.75. The van der Waals surface area contributed by atoms with Crippen molar-refractivity contribution in [3.05, 3.63) is 72.1 Å². The fourth-order valence-corrected chi connectivity index (χ4v) is 3.37. The van der Waals surface area contributed by atoms with Crippen molar-refractivity contribution < 1.29 is 13.6 Å². The maximum atomic E-state index is 13.3. The number of aromatic nitrogens is 2. The highest BCUT2D eigenvalue weighted by atomic mass is 16.3. The summed E-state index contributed by atoms with van der Waals surface area (Å²) in [6.07, 6.45) is 6.56. The van der Waals surface area contributed by atoms with Crippen LogP contribution in [0, 0.1) is 0 Å². The molecule has 0 saturated heterocycles. The van der Waals surface area contributed by atoms with Crippen molar-refractivity contribution in [1.82, 2.24) is 19.8 Å². The van der Waals surface area contributed by atoms with E-state index in [9.17, 15) is 4.79 Å². The molecule has 0 radical (unpaired) electrons. The highest BCUT2D eigenvalue weighted by molar-refractivity contribution is 5.82. The molecular formula is C19H20N4O3. The van der Waals surface area contributed by atoms with Crippen molar-refractivity contribution in [2.45, 2.75) is 32.1 Å². The molecule has 0 unspecified atom stereocenters. The van der Waals surface area contributed by atoms with E-state index < -0.39 is 0 Å². The number of benzene rings is 1. The lowest BCUT2D eigenvalue weighted by atomic mass is 9.93. The van der Waals surface area contributed by atoms with Gasteiger partial charge in [0.15, 0.2) is 12.8 Å². The maximum Gasteiger partial charge on any atom is 0.240 e. The molecule has 134 valence electrons. The first-order valence-electron chi connectivity index (χ1n) is 8.50. The van der Waals surface area contributed by atoms with Crippen LogP contribution in [-0.4, -0.2) is 38.8 Å². The summed E-state index contributed by atoms with van der Waals surface area (Å²) in [7, 11) is 1.99. The minimum Gasteiger partial charge on any atom is -0.451 e. The summed E-state index contributed by atoms with van der Waals surface area (Å²) in [4.78, 5) is 25.5. The van der Waals surface area contributed by atoms with Crippen LogP contribution in [0.4, 0.5) is 0 Å². The number of carbonyl (C=O) groups excluding carboxylic acids is 1. The number of amides is 1. The number of hydrogen-bond acceptors (Lipinski definition) is 6. The van der Waals surface area contributed by atoms with Crippen molar-refractivity contribution in [3.8, 4) is 0 Å². The van der Waals surface area contributed by atoms with Gasteiger partial charge in [0.25, 0.3) is 0 Å². The third kappa shape index (κ3) is 3.39. The highest BCUT2D eigenvalue weighted by Gasteiger charge is 2.32. The molecule has 0 spiro atoms. The van der Waals surface area contributed by atoms with Gasteiger partial charge >= 0.3 is 0 Å². The number of likely N-dealkylation sites (N-methyl/N-ethyl adjacent to an activating group) is 1. The minimum absolute atomic E-state index is 0.0491. The van der Waals surface area contributed by atoms with Gasteiger partial charge in [0.05, 0.1) is 30.5 Å². The Kier molecular flexibility index (Phi) is 4.53. The number of carbonyl (C=O) groups is 1. The van der Waals surface area contributed by atoms with Crippen molar-refractivity contribution >= 4 is 5.91 Å². The summed E-state index contributed by atoms with van der Waals surface area (Å²) in [6.45, 7) is 1.50. The Morgan fingerprint density at radius 1 is 1.12 bits per heavy atom. The van der Waals surface area contributed by atoms with E-state index in [1.807, 2.05) is 19.2 Å². The molecule has 7 nitrogen and oxygen atoms in total. The molecule has 26 heavy (non-hydrogen) atoms. The summed E-state index contributed by atoms with van der Waals surface area (Å²) >= 11 is 0. The Bertz CT molecular complexity index is 825. The number of oxazole rings is 2. The van der Waals surface area contributed by atoms with E-state index in [0.29, 0.717) is 30.9 Å². The summed E-state index contributed by atoms with van der Waals surface area (Å²) in [5, 5.41) is 0. The monoisotopic (exact) mass is 352 g/mol. The molecule has 1 aromatic carbocycles. The third-order valence-electron chi connectivity index (χ3n) is 4.75. The first kappa shape index (κ1) is 16.5. The minimum atomic E-state index is -0.219. The second-order valence-corrected chi connectivity index (χ2v) is 6.56. The van der Waals surface area contributed by atoms with Gasteiger partial charge in [-0.25, -0.2) is 9.97 Å². The molecular weight excluding hydrogens is 332 g/mol. The Morgan fingerprint density at radius 3 is 2.31 bits per heavy atom. The lowest BCUT2D eigenvalue weighted by Crippen LogP contribution is -2.49. The van der Waals surface area contributed by atoms with Crippen molar-refractivity contribution in [3.63, 3.8) is 0 Å². The Morgan fingerprint density at radius 2 is 1.73 bits per heavy atom. The number of rotatable bonds is 5. The van der Waals surface area contributed by atoms with Crippen molar-refractivity contribution in [2.24, 2.45) is 0 Å². The van der Waals surface area contributed by atoms with Crippen LogP contribution in [0.2, 0.25) is 0 Å². The zero-order valence-electron chi connectivity index (χ0n) is 14.5. The van der Waals surface area contributed by atoms with E-state index in [-0.39, 0.29) is 11.9 Å². The lowest BCUT2D eigenvalue weighted by molar-refractivity contribution is -0.138. The molecule has 0 N–H and O–H groups in total. The Labute approximate surface area is 151 Å². The van der Waals surface area contributed by atoms with Crippen LogP contribution in [0.5, 0.6) is 0 Å². The van der Waals surface area contributed by atoms with E-state index in [1.54, 1.807) is 17.4 Å². The van der Waals surface area contributed by atoms with Gasteiger partial charge in [-0.3, -0.25) is 9.69 Å². The van der Waals surface area contributed by atoms with Crippen LogP contribution in [0.1, 0.15) is 22.5 Å². The molecule has 1 amide bonds. The van der Waals surface area contributed by atoms with E-state index in [1.165, 1.54) is 23.9 Å². The summed E-state index contributed by atoms with van der Waals surface area (Å²) in [5.41, 5.74) is 3.92. The molecule has 0 fully saturated rings. The predicted molar refractivity (Wildman–Crippen MR) is 92.7 cm³/mol. The second-order valence-electron chi connectivity index (χ2n) is 6.56. The molecule has 0 saturated carbocycles. The SMILES string of the molecule is CN1Cc2ccccc2C[C@@H]1C(=O)N(Cc1cocn1)Cc1cocn1. The van der Waals surface area contributed by atoms with Gasteiger partial charge in [-0.2, -0.15) is 0 Å². The molecule has 1 atom stereocenters. The second kappa shape index (κ2) is 7.13. The maximum absolute atomic E-state index is 13.3. The Balaban J connectivity index is 1.57. The van der Waals surface area contributed by atoms with Crippen molar-refractivity contribution in [2.75, 3.05) is 7.05 Å². The molecule has 4 rings (SSSR count). The molecule has 3 heterocycles. The largest absolute Gasteiger partial charge is 0.451 e. The van der Waals surface area contributed by atoms with Crippen LogP contribution >= 0.6 is 0 Å². The quantitative estimate of drug-likeness (QED) is 0.701. The zero-order valence-corrected chi connectivity index (χ0v) is 14.5. The van der Waals surface area contributed by atoms with Gasteiger partial charge < -0.3 is 13.7 Å². The first-order valence-corrected chi connectivity index (χ1v) is 8.50. The average molecular weight is 352 g/mol. The highest BCUT2D eigenvalue weighted by Crippen LogP contribution is 2.24. The van der Waals surface area contributed by atoms with Crippen LogP contribution < -0.4 is 0 Å². The topological polar surface area (TPSA) is 75.6 Å². The van der Waals surface area contributed by atoms with Crippen LogP contribution in [0.3, 0.4) is 0 Å². The fraction of sp³-hybridized carbons (Fsp3) is 0.316. The normalized spacial score (nSPS) is 17.0. The summed E-state index contributed by atoms with van der Waals surface area (Å²) in [6, 6.07) is 8.06. The van der Waals surface area contributed by atoms with Gasteiger partial charge in [-0.15, -0.1) is 0 Å². The average Bonchev–Trinajstić information content (AvgIpc) is 3.34. The van der Waals surface area contributed by atoms with Gasteiger partial charge in [-0.05, 0) is 24.6 Å². The molecule has 3 aromatic rings. The van der Waals surface area contributed by atoms with Crippen LogP contribution in [-0.2, 0) is 30.8 Å². The van der Waals surface area contributed by atoms with Gasteiger partial charge in [-0.1, -0.05) is 24.3 Å². The molecule has 7 heteroatoms. The predicted octanol–water partition coefficient (Wildman–Crippen LogP) is 2.25. The standard InChI is InChI=1S/C19H20N4O3/c1-22-7-15-5-3-2-4-14(15)6-18(22)19(24)23(8-16-10-25-12-20-16)9-17-11-26-13-21-17/h2-5,10-13,18H,6-9H2,1H3/t18-/m1/s1. The van der Waals surface area contributed by atoms with Gasteiger partial charge in [0.1, 0.15) is 12.5 Å². The number of nitrogens with zero attached hydrogens (tertiary/aromatic N) is 4. The van der Waals surface area contributed by atoms with E-state index in [2.05, 4.69) is 27.0 Å². The van der Waals surface area contributed by atoms with Crippen LogP contribution in [0.25, 0.3) is 0 Å². The van der Waals surface area contributed by atoms with E-state index in [4.69, 9.17) is 8.83 Å². The van der Waals surface area contributed by atoms with E-state index in [0.717, 1.165) is 6.54 Å². The van der Waals surface area contributed by atoms with Gasteiger partial charge in [0, 0.05) is 6.54 Å². The zero-order chi connectivity index (χ0) is 17.9. The summed E-state index contributed by atoms with van der Waals surface area (Å²) in [5.74, 6) is 0.0491. The summed E-state index contributed by atoms with van der Waals surface area (Å²) < 4.78 is 10.1. The fourth-order valence-electron chi connectivity index (χ4n) is 3.37. The molecule has 1 aliphatic heterocycles.